The number of nitrogens with zero attached hydrogens (tertiary/aromatic N) is 2. The number of aromatic nitrogens is 2. The van der Waals surface area contributed by atoms with Gasteiger partial charge < -0.3 is 14.6 Å². The second-order valence-electron chi connectivity index (χ2n) is 8.50. The molecule has 0 atom stereocenters. The van der Waals surface area contributed by atoms with Crippen molar-refractivity contribution in [2.45, 2.75) is 46.2 Å². The van der Waals surface area contributed by atoms with Crippen LogP contribution in [0.3, 0.4) is 0 Å². The number of carbonyl (C=O) groups is 1. The highest BCUT2D eigenvalue weighted by Gasteiger charge is 2.12. The van der Waals surface area contributed by atoms with E-state index in [9.17, 15) is 4.79 Å². The fourth-order valence-electron chi connectivity index (χ4n) is 4.08. The van der Waals surface area contributed by atoms with Crippen molar-refractivity contribution in [2.24, 2.45) is 0 Å². The third-order valence-electron chi connectivity index (χ3n) is 5.87. The lowest BCUT2D eigenvalue weighted by atomic mass is 10.1. The van der Waals surface area contributed by atoms with E-state index in [0.29, 0.717) is 19.6 Å². The summed E-state index contributed by atoms with van der Waals surface area (Å²) in [5, 5.41) is 3.82. The number of hydrogen-bond acceptors (Lipinski definition) is 3. The molecule has 0 aliphatic heterocycles. The predicted molar refractivity (Wildman–Crippen MR) is 137 cm³/mol. The van der Waals surface area contributed by atoms with E-state index in [1.54, 1.807) is 0 Å². The number of nitrogens with one attached hydrogen (secondary N) is 1. The molecule has 1 N–H and O–H groups in total. The van der Waals surface area contributed by atoms with Crippen LogP contribution in [0.4, 0.5) is 0 Å². The molecule has 1 amide bonds. The van der Waals surface area contributed by atoms with Crippen LogP contribution in [0.2, 0.25) is 5.02 Å². The molecular formula is C28H30ClN3O2. The molecular weight excluding hydrogens is 446 g/mol. The number of fused-ring (bicyclic) bond motifs is 1. The molecule has 4 aromatic rings. The van der Waals surface area contributed by atoms with Gasteiger partial charge in [0, 0.05) is 18.0 Å². The average Bonchev–Trinajstić information content (AvgIpc) is 3.20. The number of rotatable bonds is 10. The van der Waals surface area contributed by atoms with Gasteiger partial charge >= 0.3 is 0 Å². The van der Waals surface area contributed by atoms with E-state index in [0.717, 1.165) is 63.7 Å². The number of carbonyl (C=O) groups excluding carboxylic acids is 1. The lowest BCUT2D eigenvalue weighted by Crippen LogP contribution is -2.25. The van der Waals surface area contributed by atoms with Crippen LogP contribution in [0.5, 0.6) is 5.75 Å². The first-order valence-corrected chi connectivity index (χ1v) is 12.0. The van der Waals surface area contributed by atoms with E-state index in [1.165, 1.54) is 0 Å². The standard InChI is InChI=1S/C28H30ClN3O2/c1-20-17-23(18-21(2)28(20)29)34-16-8-15-32-25-12-7-6-11-24(25)31-26(32)19-30-27(33)14-13-22-9-4-3-5-10-22/h3-7,9-12,17-18H,8,13-16,19H2,1-2H3,(H,30,33). The van der Waals surface area contributed by atoms with Gasteiger partial charge in [0.2, 0.25) is 5.91 Å². The summed E-state index contributed by atoms with van der Waals surface area (Å²) in [4.78, 5) is 17.2. The molecule has 34 heavy (non-hydrogen) atoms. The topological polar surface area (TPSA) is 56.1 Å². The van der Waals surface area contributed by atoms with Crippen LogP contribution >= 0.6 is 11.6 Å². The number of halogens is 1. The van der Waals surface area contributed by atoms with Gasteiger partial charge in [0.25, 0.3) is 0 Å². The second kappa shape index (κ2) is 11.2. The van der Waals surface area contributed by atoms with Crippen molar-refractivity contribution in [1.82, 2.24) is 14.9 Å². The van der Waals surface area contributed by atoms with Crippen LogP contribution in [-0.2, 0) is 24.3 Å². The summed E-state index contributed by atoms with van der Waals surface area (Å²) < 4.78 is 8.16. The maximum Gasteiger partial charge on any atom is 0.220 e. The first kappa shape index (κ1) is 23.8. The third-order valence-corrected chi connectivity index (χ3v) is 6.46. The average molecular weight is 476 g/mol. The molecule has 176 valence electrons. The minimum absolute atomic E-state index is 0.0271. The summed E-state index contributed by atoms with van der Waals surface area (Å²) in [5.74, 6) is 1.72. The Morgan fingerprint density at radius 2 is 1.74 bits per heavy atom. The second-order valence-corrected chi connectivity index (χ2v) is 8.88. The maximum absolute atomic E-state index is 12.4. The van der Waals surface area contributed by atoms with Gasteiger partial charge in [-0.15, -0.1) is 0 Å². The summed E-state index contributed by atoms with van der Waals surface area (Å²) in [6.07, 6.45) is 2.00. The van der Waals surface area contributed by atoms with Gasteiger partial charge in [-0.05, 0) is 67.6 Å². The van der Waals surface area contributed by atoms with E-state index in [4.69, 9.17) is 21.3 Å². The normalized spacial score (nSPS) is 11.0. The highest BCUT2D eigenvalue weighted by Crippen LogP contribution is 2.26. The Morgan fingerprint density at radius 3 is 2.50 bits per heavy atom. The Morgan fingerprint density at radius 1 is 1.03 bits per heavy atom. The van der Waals surface area contributed by atoms with Crippen molar-refractivity contribution >= 4 is 28.5 Å². The Balaban J connectivity index is 1.35. The predicted octanol–water partition coefficient (Wildman–Crippen LogP) is 6.02. The van der Waals surface area contributed by atoms with Gasteiger partial charge in [0.05, 0.1) is 24.2 Å². The van der Waals surface area contributed by atoms with Crippen LogP contribution < -0.4 is 10.1 Å². The van der Waals surface area contributed by atoms with E-state index in [2.05, 4.69) is 16.0 Å². The van der Waals surface area contributed by atoms with Gasteiger partial charge in [0.15, 0.2) is 0 Å². The molecule has 1 aromatic heterocycles. The van der Waals surface area contributed by atoms with E-state index in [1.807, 2.05) is 74.5 Å². The van der Waals surface area contributed by atoms with E-state index >= 15 is 0 Å². The molecule has 6 heteroatoms. The lowest BCUT2D eigenvalue weighted by Gasteiger charge is -2.12. The van der Waals surface area contributed by atoms with Crippen LogP contribution in [0, 0.1) is 13.8 Å². The maximum atomic E-state index is 12.4. The quantitative estimate of drug-likeness (QED) is 0.285. The van der Waals surface area contributed by atoms with Crippen molar-refractivity contribution in [3.05, 3.63) is 94.3 Å². The summed E-state index contributed by atoms with van der Waals surface area (Å²) in [6.45, 7) is 5.70. The monoisotopic (exact) mass is 475 g/mol. The van der Waals surface area contributed by atoms with Crippen LogP contribution in [0.25, 0.3) is 11.0 Å². The van der Waals surface area contributed by atoms with Gasteiger partial charge in [-0.2, -0.15) is 0 Å². The molecule has 5 nitrogen and oxygen atoms in total. The molecule has 0 saturated heterocycles. The summed E-state index contributed by atoms with van der Waals surface area (Å²) >= 11 is 6.26. The molecule has 0 spiro atoms. The number of ether oxygens (including phenoxy) is 1. The smallest absolute Gasteiger partial charge is 0.220 e. The molecule has 0 radical (unpaired) electrons. The Hall–Kier alpha value is -3.31. The largest absolute Gasteiger partial charge is 0.494 e. The number of benzene rings is 3. The van der Waals surface area contributed by atoms with Crippen molar-refractivity contribution in [2.75, 3.05) is 6.61 Å². The number of para-hydroxylation sites is 2. The van der Waals surface area contributed by atoms with Gasteiger partial charge in [-0.1, -0.05) is 54.1 Å². The Kier molecular flexibility index (Phi) is 7.86. The van der Waals surface area contributed by atoms with Gasteiger partial charge in [-0.3, -0.25) is 4.79 Å². The zero-order valence-electron chi connectivity index (χ0n) is 19.7. The van der Waals surface area contributed by atoms with Crippen molar-refractivity contribution in [3.8, 4) is 5.75 Å². The molecule has 0 unspecified atom stereocenters. The van der Waals surface area contributed by atoms with Crippen LogP contribution in [0.1, 0.15) is 35.4 Å². The van der Waals surface area contributed by atoms with Crippen LogP contribution in [-0.4, -0.2) is 22.1 Å². The number of hydrogen-bond donors (Lipinski definition) is 1. The summed E-state index contributed by atoms with van der Waals surface area (Å²) in [5.41, 5.74) is 5.19. The highest BCUT2D eigenvalue weighted by atomic mass is 35.5. The highest BCUT2D eigenvalue weighted by molar-refractivity contribution is 6.32. The molecule has 3 aromatic carbocycles. The fourth-order valence-corrected chi connectivity index (χ4v) is 4.19. The summed E-state index contributed by atoms with van der Waals surface area (Å²) in [7, 11) is 0. The Labute approximate surface area is 205 Å². The lowest BCUT2D eigenvalue weighted by molar-refractivity contribution is -0.121. The zero-order valence-corrected chi connectivity index (χ0v) is 20.4. The van der Waals surface area contributed by atoms with E-state index < -0.39 is 0 Å². The van der Waals surface area contributed by atoms with Crippen molar-refractivity contribution < 1.29 is 9.53 Å². The number of imidazole rings is 1. The van der Waals surface area contributed by atoms with Gasteiger partial charge in [0.1, 0.15) is 11.6 Å². The minimum Gasteiger partial charge on any atom is -0.494 e. The molecule has 1 heterocycles. The molecule has 0 bridgehead atoms. The number of amides is 1. The van der Waals surface area contributed by atoms with Crippen molar-refractivity contribution in [3.63, 3.8) is 0 Å². The fraction of sp³-hybridized carbons (Fsp3) is 0.286. The molecule has 0 saturated carbocycles. The van der Waals surface area contributed by atoms with Gasteiger partial charge in [-0.25, -0.2) is 4.98 Å². The number of aryl methyl sites for hydroxylation is 4. The van der Waals surface area contributed by atoms with Crippen LogP contribution in [0.15, 0.2) is 66.7 Å². The first-order chi connectivity index (χ1) is 16.5. The molecule has 0 fully saturated rings. The Bertz CT molecular complexity index is 1240. The summed E-state index contributed by atoms with van der Waals surface area (Å²) in [6, 6.07) is 22.1. The zero-order chi connectivity index (χ0) is 23.9. The molecule has 0 aliphatic carbocycles. The molecule has 4 rings (SSSR count). The SMILES string of the molecule is Cc1cc(OCCCn2c(CNC(=O)CCc3ccccc3)nc3ccccc32)cc(C)c1Cl. The van der Waals surface area contributed by atoms with Crippen molar-refractivity contribution in [1.29, 1.82) is 0 Å². The first-order valence-electron chi connectivity index (χ1n) is 11.7. The van der Waals surface area contributed by atoms with E-state index in [-0.39, 0.29) is 5.91 Å². The third kappa shape index (κ3) is 5.97. The minimum atomic E-state index is 0.0271. The molecule has 0 aliphatic rings.